The second-order valence-corrected chi connectivity index (χ2v) is 25.1. The van der Waals surface area contributed by atoms with Gasteiger partial charge in [0.05, 0.1) is 28.0 Å². The highest BCUT2D eigenvalue weighted by Gasteiger charge is 2.50. The Labute approximate surface area is 405 Å². The van der Waals surface area contributed by atoms with Crippen molar-refractivity contribution in [1.29, 1.82) is 0 Å². The summed E-state index contributed by atoms with van der Waals surface area (Å²) in [6.45, 7) is 16.2. The summed E-state index contributed by atoms with van der Waals surface area (Å²) >= 11 is 0. The van der Waals surface area contributed by atoms with Crippen molar-refractivity contribution in [2.24, 2.45) is 5.41 Å². The van der Waals surface area contributed by atoms with Gasteiger partial charge in [0.15, 0.2) is 0 Å². The molecule has 68 heavy (non-hydrogen) atoms. The molecule has 3 heterocycles. The molecule has 0 amide bonds. The Morgan fingerprint density at radius 2 is 1.51 bits per heavy atom. The standard InChI is InChI=1S/C52H58N6O7SSi.ClH/c1-34-16-14-17-35(2)47(34)43-28-46(57-50(56-43)58-66(61,62)40-19-15-18-37(26-40)49(59)60)63-33-38(29-52(7)24-25-52)53-30-39-31-54-48-44(55-39)27-45(65-48)36(3)32-64-67(51(4,5)6,41-20-10-8-11-21-41)42-22-12-9-13-23-42;/h8-23,26-28,31,36,38,53H,24-25,29-30,32-33H2,1-7H3,(H,59,60)(H,56,57,58);1H/t36?,38-;/m1./s1. The molecule has 0 spiro atoms. The van der Waals surface area contributed by atoms with Crippen LogP contribution in [0.25, 0.3) is 22.5 Å². The van der Waals surface area contributed by atoms with Crippen molar-refractivity contribution >= 4 is 64.3 Å². The molecule has 1 aliphatic rings. The molecule has 16 heteroatoms. The van der Waals surface area contributed by atoms with Gasteiger partial charge in [0.1, 0.15) is 17.9 Å². The van der Waals surface area contributed by atoms with Crippen molar-refractivity contribution in [3.8, 4) is 17.1 Å². The number of benzene rings is 4. The Morgan fingerprint density at radius 1 is 0.868 bits per heavy atom. The molecule has 0 radical (unpaired) electrons. The summed E-state index contributed by atoms with van der Waals surface area (Å²) < 4.78 is 49.6. The second kappa shape index (κ2) is 20.3. The van der Waals surface area contributed by atoms with E-state index in [1.54, 1.807) is 12.3 Å². The van der Waals surface area contributed by atoms with E-state index in [9.17, 15) is 18.3 Å². The summed E-state index contributed by atoms with van der Waals surface area (Å²) in [6.07, 6.45) is 4.77. The quantitative estimate of drug-likeness (QED) is 0.0655. The molecule has 8 rings (SSSR count). The lowest BCUT2D eigenvalue weighted by atomic mass is 9.99. The van der Waals surface area contributed by atoms with E-state index in [1.165, 1.54) is 28.6 Å². The number of ether oxygens (including phenoxy) is 1. The Kier molecular flexibility index (Phi) is 14.9. The molecule has 1 saturated carbocycles. The molecule has 4 aromatic carbocycles. The van der Waals surface area contributed by atoms with Gasteiger partial charge in [-0.25, -0.2) is 32.9 Å². The number of carbonyl (C=O) groups is 1. The van der Waals surface area contributed by atoms with Crippen molar-refractivity contribution in [2.45, 2.75) is 96.2 Å². The first kappa shape index (κ1) is 49.9. The van der Waals surface area contributed by atoms with Crippen LogP contribution in [0.3, 0.4) is 0 Å². The molecule has 1 unspecified atom stereocenters. The molecule has 356 valence electrons. The third-order valence-corrected chi connectivity index (χ3v) is 19.0. The zero-order valence-corrected chi connectivity index (χ0v) is 42.1. The fourth-order valence-electron chi connectivity index (χ4n) is 8.80. The van der Waals surface area contributed by atoms with Gasteiger partial charge in [-0.15, -0.1) is 12.4 Å². The minimum atomic E-state index is -4.28. The topological polar surface area (TPSA) is 179 Å². The SMILES string of the molecule is Cc1cccc(C)c1-c1cc(OC[C@@H](CC2(C)CC2)NCc2cnc3oc(C(C)CO[Si](c4ccccc4)(c4ccccc4)C(C)(C)C)cc3n2)nc(NS(=O)(=O)c2cccc(C(=O)O)c2)n1.Cl. The molecule has 13 nitrogen and oxygen atoms in total. The van der Waals surface area contributed by atoms with Gasteiger partial charge in [0.25, 0.3) is 18.3 Å². The Hall–Kier alpha value is -5.97. The van der Waals surface area contributed by atoms with E-state index in [1.807, 2.05) is 50.2 Å². The molecular formula is C52H59ClN6O7SSi. The van der Waals surface area contributed by atoms with E-state index in [0.717, 1.165) is 53.5 Å². The van der Waals surface area contributed by atoms with E-state index >= 15 is 0 Å². The van der Waals surface area contributed by atoms with E-state index in [0.29, 0.717) is 30.1 Å². The van der Waals surface area contributed by atoms with Crippen LogP contribution in [-0.2, 0) is 21.0 Å². The van der Waals surface area contributed by atoms with Gasteiger partial charge in [-0.05, 0) is 83.3 Å². The summed E-state index contributed by atoms with van der Waals surface area (Å²) in [5.41, 5.74) is 5.04. The van der Waals surface area contributed by atoms with Crippen LogP contribution in [0.15, 0.2) is 131 Å². The minimum Gasteiger partial charge on any atom is -0.478 e. The van der Waals surface area contributed by atoms with Gasteiger partial charge in [0, 0.05) is 42.8 Å². The number of carboxylic acids is 1. The first-order valence-corrected chi connectivity index (χ1v) is 26.0. The maximum Gasteiger partial charge on any atom is 0.335 e. The molecule has 3 aromatic heterocycles. The van der Waals surface area contributed by atoms with Gasteiger partial charge in [-0.2, -0.15) is 4.98 Å². The van der Waals surface area contributed by atoms with Crippen LogP contribution in [0.4, 0.5) is 5.95 Å². The Bertz CT molecular complexity index is 2940. The summed E-state index contributed by atoms with van der Waals surface area (Å²) in [5.74, 6) is -0.590. The number of furan rings is 1. The number of hydrogen-bond donors (Lipinski definition) is 3. The summed E-state index contributed by atoms with van der Waals surface area (Å²) in [4.78, 5) is 30.2. The number of aryl methyl sites for hydroxylation is 2. The molecular weight excluding hydrogens is 916 g/mol. The number of hydrogen-bond acceptors (Lipinski definition) is 11. The van der Waals surface area contributed by atoms with Crippen molar-refractivity contribution in [1.82, 2.24) is 25.3 Å². The van der Waals surface area contributed by atoms with Crippen molar-refractivity contribution in [3.63, 3.8) is 0 Å². The zero-order valence-electron chi connectivity index (χ0n) is 39.4. The van der Waals surface area contributed by atoms with Crippen LogP contribution < -0.4 is 25.1 Å². The summed E-state index contributed by atoms with van der Waals surface area (Å²) in [7, 11) is -7.03. The molecule has 2 atom stereocenters. The van der Waals surface area contributed by atoms with Crippen molar-refractivity contribution in [2.75, 3.05) is 17.9 Å². The highest BCUT2D eigenvalue weighted by Crippen LogP contribution is 2.49. The van der Waals surface area contributed by atoms with Crippen LogP contribution in [-0.4, -0.2) is 67.0 Å². The normalized spacial score (nSPS) is 14.5. The summed E-state index contributed by atoms with van der Waals surface area (Å²) in [6, 6.07) is 35.7. The maximum absolute atomic E-state index is 13.6. The van der Waals surface area contributed by atoms with E-state index in [2.05, 4.69) is 108 Å². The van der Waals surface area contributed by atoms with Crippen LogP contribution in [0.1, 0.15) is 92.7 Å². The predicted molar refractivity (Wildman–Crippen MR) is 270 cm³/mol. The number of nitrogens with one attached hydrogen (secondary N) is 2. The number of aromatic carboxylic acids is 1. The molecule has 0 bridgehead atoms. The van der Waals surface area contributed by atoms with Gasteiger partial charge in [0.2, 0.25) is 17.5 Å². The van der Waals surface area contributed by atoms with Gasteiger partial charge < -0.3 is 24.0 Å². The Balaban J connectivity index is 0.00000684. The van der Waals surface area contributed by atoms with E-state index < -0.39 is 24.3 Å². The lowest BCUT2D eigenvalue weighted by molar-refractivity contribution is 0.0696. The average Bonchev–Trinajstić information content (AvgIpc) is 3.87. The lowest BCUT2D eigenvalue weighted by Crippen LogP contribution is -2.66. The number of sulfonamides is 1. The van der Waals surface area contributed by atoms with Crippen LogP contribution in [0, 0.1) is 19.3 Å². The number of carboxylic acid groups (broad SMARTS) is 1. The highest BCUT2D eigenvalue weighted by atomic mass is 35.5. The third kappa shape index (κ3) is 11.1. The fraction of sp³-hybridized carbons (Fsp3) is 0.327. The highest BCUT2D eigenvalue weighted by molar-refractivity contribution is 7.92. The minimum absolute atomic E-state index is 0. The molecule has 7 aromatic rings. The largest absolute Gasteiger partial charge is 0.478 e. The summed E-state index contributed by atoms with van der Waals surface area (Å²) in [5, 5.41) is 15.4. The number of halogens is 1. The number of nitrogens with zero attached hydrogens (tertiary/aromatic N) is 4. The van der Waals surface area contributed by atoms with Gasteiger partial charge >= 0.3 is 5.97 Å². The zero-order chi connectivity index (χ0) is 47.6. The maximum atomic E-state index is 13.6. The number of fused-ring (bicyclic) bond motifs is 1. The lowest BCUT2D eigenvalue weighted by Gasteiger charge is -2.43. The molecule has 0 saturated heterocycles. The average molecular weight is 976 g/mol. The van der Waals surface area contributed by atoms with Gasteiger partial charge in [-0.3, -0.25) is 0 Å². The Morgan fingerprint density at radius 3 is 2.13 bits per heavy atom. The van der Waals surface area contributed by atoms with E-state index in [4.69, 9.17) is 18.6 Å². The molecule has 3 N–H and O–H groups in total. The van der Waals surface area contributed by atoms with Crippen LogP contribution in [0.5, 0.6) is 5.88 Å². The second-order valence-electron chi connectivity index (χ2n) is 19.1. The van der Waals surface area contributed by atoms with E-state index in [-0.39, 0.29) is 63.7 Å². The number of anilines is 1. The monoisotopic (exact) mass is 974 g/mol. The molecule has 0 aliphatic heterocycles. The van der Waals surface area contributed by atoms with Crippen LogP contribution in [0.2, 0.25) is 5.04 Å². The number of aromatic nitrogens is 4. The fourth-order valence-corrected chi connectivity index (χ4v) is 14.4. The van der Waals surface area contributed by atoms with Crippen molar-refractivity contribution < 1.29 is 31.9 Å². The first-order chi connectivity index (χ1) is 31.9. The van der Waals surface area contributed by atoms with Crippen molar-refractivity contribution in [3.05, 3.63) is 150 Å². The number of rotatable bonds is 19. The first-order valence-electron chi connectivity index (χ1n) is 22.6. The van der Waals surface area contributed by atoms with Gasteiger partial charge in [-0.1, -0.05) is 120 Å². The smallest absolute Gasteiger partial charge is 0.335 e. The third-order valence-electron chi connectivity index (χ3n) is 12.7. The molecule has 1 fully saturated rings. The van der Waals surface area contributed by atoms with Crippen LogP contribution >= 0.6 is 12.4 Å². The molecule has 1 aliphatic carbocycles. The predicted octanol–water partition coefficient (Wildman–Crippen LogP) is 9.62.